The molecule has 2 atom stereocenters. The lowest BCUT2D eigenvalue weighted by molar-refractivity contribution is -0.154. The molecule has 0 spiro atoms. The molecule has 0 aromatic rings. The van der Waals surface area contributed by atoms with Crippen LogP contribution in [0, 0.1) is 5.92 Å². The van der Waals surface area contributed by atoms with E-state index in [1.165, 1.54) is 14.0 Å². The van der Waals surface area contributed by atoms with Gasteiger partial charge in [-0.3, -0.25) is 9.59 Å². The zero-order valence-electron chi connectivity index (χ0n) is 11.0. The van der Waals surface area contributed by atoms with Gasteiger partial charge in [0, 0.05) is 13.0 Å². The van der Waals surface area contributed by atoms with E-state index in [1.807, 2.05) is 0 Å². The van der Waals surface area contributed by atoms with Crippen molar-refractivity contribution in [1.29, 1.82) is 0 Å². The molecule has 104 valence electrons. The topological polar surface area (TPSA) is 89.9 Å². The monoisotopic (exact) mass is 260 g/mol. The average Bonchev–Trinajstić information content (AvgIpc) is 2.30. The van der Waals surface area contributed by atoms with Gasteiger partial charge in [-0.2, -0.15) is 0 Å². The van der Waals surface area contributed by atoms with Gasteiger partial charge in [0.15, 0.2) is 6.10 Å². The Labute approximate surface area is 106 Å². The fraction of sp³-hybridized carbons (Fsp3) is 0.750. The Morgan fingerprint density at radius 3 is 2.33 bits per heavy atom. The summed E-state index contributed by atoms with van der Waals surface area (Å²) in [4.78, 5) is 32.9. The van der Waals surface area contributed by atoms with Crippen molar-refractivity contribution in [1.82, 2.24) is 0 Å². The second kappa shape index (κ2) is 8.63. The maximum atomic E-state index is 11.2. The van der Waals surface area contributed by atoms with Crippen LogP contribution in [0.5, 0.6) is 0 Å². The molecule has 6 nitrogen and oxygen atoms in total. The summed E-state index contributed by atoms with van der Waals surface area (Å²) in [6.45, 7) is 3.10. The van der Waals surface area contributed by atoms with Crippen molar-refractivity contribution in [3.8, 4) is 0 Å². The van der Waals surface area contributed by atoms with Crippen molar-refractivity contribution in [3.05, 3.63) is 0 Å². The lowest BCUT2D eigenvalue weighted by atomic mass is 9.96. The van der Waals surface area contributed by atoms with E-state index in [4.69, 9.17) is 14.6 Å². The molecule has 0 aromatic carbocycles. The molecule has 0 amide bonds. The predicted octanol–water partition coefficient (Wildman–Crippen LogP) is 1.02. The highest BCUT2D eigenvalue weighted by Gasteiger charge is 2.18. The number of hydrogen-bond donors (Lipinski definition) is 1. The minimum absolute atomic E-state index is 0.158. The van der Waals surface area contributed by atoms with Crippen LogP contribution in [0.3, 0.4) is 0 Å². The molecule has 0 aliphatic heterocycles. The maximum Gasteiger partial charge on any atom is 0.334 e. The van der Waals surface area contributed by atoms with Crippen LogP contribution < -0.4 is 0 Å². The molecule has 2 unspecified atom stereocenters. The van der Waals surface area contributed by atoms with Gasteiger partial charge in [0.1, 0.15) is 5.78 Å². The number of carboxylic acid groups (broad SMARTS) is 1. The number of ether oxygens (including phenoxy) is 2. The van der Waals surface area contributed by atoms with Gasteiger partial charge in [-0.15, -0.1) is 0 Å². The van der Waals surface area contributed by atoms with Crippen molar-refractivity contribution in [3.63, 3.8) is 0 Å². The minimum atomic E-state index is -1.000. The van der Waals surface area contributed by atoms with E-state index in [0.717, 1.165) is 0 Å². The van der Waals surface area contributed by atoms with Crippen LogP contribution in [0.15, 0.2) is 0 Å². The first-order chi connectivity index (χ1) is 8.38. The Hall–Kier alpha value is -1.43. The molecule has 1 N–H and O–H groups in total. The molecule has 0 bridgehead atoms. The van der Waals surface area contributed by atoms with E-state index < -0.39 is 24.0 Å². The third-order valence-corrected chi connectivity index (χ3v) is 2.62. The largest absolute Gasteiger partial charge is 0.481 e. The van der Waals surface area contributed by atoms with Crippen molar-refractivity contribution in [2.45, 2.75) is 39.2 Å². The van der Waals surface area contributed by atoms with Crippen LogP contribution in [0.4, 0.5) is 0 Å². The minimum Gasteiger partial charge on any atom is -0.481 e. The molecule has 0 aliphatic rings. The molecule has 0 saturated carbocycles. The number of hydrogen-bond acceptors (Lipinski definition) is 5. The number of methoxy groups -OCH3 is 1. The summed E-state index contributed by atoms with van der Waals surface area (Å²) in [6.07, 6.45) is 0.0564. The first-order valence-corrected chi connectivity index (χ1v) is 5.80. The van der Waals surface area contributed by atoms with Crippen molar-refractivity contribution in [2.24, 2.45) is 5.92 Å². The third kappa shape index (κ3) is 7.01. The van der Waals surface area contributed by atoms with Crippen LogP contribution in [-0.4, -0.2) is 42.6 Å². The molecule has 0 saturated heterocycles. The van der Waals surface area contributed by atoms with Crippen LogP contribution in [0.2, 0.25) is 0 Å². The fourth-order valence-electron chi connectivity index (χ4n) is 1.38. The lowest BCUT2D eigenvalue weighted by Gasteiger charge is -2.12. The van der Waals surface area contributed by atoms with Crippen LogP contribution in [0.25, 0.3) is 0 Å². The Balaban J connectivity index is 3.90. The number of carbonyl (C=O) groups excluding carboxylic acids is 2. The van der Waals surface area contributed by atoms with Crippen molar-refractivity contribution >= 4 is 17.7 Å². The highest BCUT2D eigenvalue weighted by molar-refractivity contribution is 5.82. The van der Waals surface area contributed by atoms with Gasteiger partial charge >= 0.3 is 11.9 Å². The summed E-state index contributed by atoms with van der Waals surface area (Å²) in [5.41, 5.74) is 0. The summed E-state index contributed by atoms with van der Waals surface area (Å²) < 4.78 is 9.68. The molecule has 0 heterocycles. The van der Waals surface area contributed by atoms with Gasteiger partial charge in [0.05, 0.1) is 13.0 Å². The molecule has 0 fully saturated rings. The summed E-state index contributed by atoms with van der Waals surface area (Å²) in [6, 6.07) is 0. The SMILES string of the molecule is COC(C)C(=O)OCCCC(CC(=O)O)C(C)=O. The van der Waals surface area contributed by atoms with E-state index in [9.17, 15) is 14.4 Å². The van der Waals surface area contributed by atoms with E-state index in [2.05, 4.69) is 0 Å². The van der Waals surface area contributed by atoms with E-state index >= 15 is 0 Å². The van der Waals surface area contributed by atoms with E-state index in [1.54, 1.807) is 6.92 Å². The standard InChI is InChI=1S/C12H20O6/c1-8(13)10(7-11(14)15)5-4-6-18-12(16)9(2)17-3/h9-10H,4-7H2,1-3H3,(H,14,15). The third-order valence-electron chi connectivity index (χ3n) is 2.62. The summed E-state index contributed by atoms with van der Waals surface area (Å²) >= 11 is 0. The quantitative estimate of drug-likeness (QED) is 0.492. The fourth-order valence-corrected chi connectivity index (χ4v) is 1.38. The summed E-state index contributed by atoms with van der Waals surface area (Å²) in [7, 11) is 1.41. The summed E-state index contributed by atoms with van der Waals surface area (Å²) in [5.74, 6) is -2.13. The summed E-state index contributed by atoms with van der Waals surface area (Å²) in [5, 5.41) is 8.63. The molecule has 0 radical (unpaired) electrons. The highest BCUT2D eigenvalue weighted by Crippen LogP contribution is 2.13. The number of rotatable bonds is 9. The first-order valence-electron chi connectivity index (χ1n) is 5.80. The van der Waals surface area contributed by atoms with Crippen LogP contribution in [0.1, 0.15) is 33.1 Å². The number of ketones is 1. The Morgan fingerprint density at radius 1 is 1.28 bits per heavy atom. The van der Waals surface area contributed by atoms with E-state index in [-0.39, 0.29) is 18.8 Å². The highest BCUT2D eigenvalue weighted by atomic mass is 16.6. The van der Waals surface area contributed by atoms with Gasteiger partial charge < -0.3 is 14.6 Å². The van der Waals surface area contributed by atoms with E-state index in [0.29, 0.717) is 12.8 Å². The van der Waals surface area contributed by atoms with Gasteiger partial charge in [0.2, 0.25) is 0 Å². The maximum absolute atomic E-state index is 11.2. The Morgan fingerprint density at radius 2 is 1.89 bits per heavy atom. The number of Topliss-reactive ketones (excluding diaryl/α,β-unsaturated/α-hetero) is 1. The number of esters is 1. The normalized spacial score (nSPS) is 13.7. The van der Waals surface area contributed by atoms with Crippen molar-refractivity contribution < 1.29 is 29.0 Å². The van der Waals surface area contributed by atoms with Crippen molar-refractivity contribution in [2.75, 3.05) is 13.7 Å². The van der Waals surface area contributed by atoms with Gasteiger partial charge in [-0.05, 0) is 26.7 Å². The number of carbonyl (C=O) groups is 3. The average molecular weight is 260 g/mol. The Bertz CT molecular complexity index is 299. The van der Waals surface area contributed by atoms with Gasteiger partial charge in [0.25, 0.3) is 0 Å². The number of aliphatic carboxylic acids is 1. The predicted molar refractivity (Wildman–Crippen MR) is 63.1 cm³/mol. The van der Waals surface area contributed by atoms with Crippen LogP contribution in [-0.2, 0) is 23.9 Å². The Kier molecular flexibility index (Phi) is 7.94. The number of carboxylic acids is 1. The zero-order valence-corrected chi connectivity index (χ0v) is 11.0. The second-order valence-electron chi connectivity index (χ2n) is 4.09. The molecule has 0 aromatic heterocycles. The first kappa shape index (κ1) is 16.6. The lowest BCUT2D eigenvalue weighted by Crippen LogP contribution is -2.23. The molecule has 18 heavy (non-hydrogen) atoms. The van der Waals surface area contributed by atoms with Gasteiger partial charge in [-0.1, -0.05) is 0 Å². The second-order valence-corrected chi connectivity index (χ2v) is 4.09. The molecule has 6 heteroatoms. The smallest absolute Gasteiger partial charge is 0.334 e. The molecule has 0 aliphatic carbocycles. The zero-order chi connectivity index (χ0) is 14.1. The molecular weight excluding hydrogens is 240 g/mol. The molecular formula is C12H20O6. The molecule has 0 rings (SSSR count). The van der Waals surface area contributed by atoms with Gasteiger partial charge in [-0.25, -0.2) is 4.79 Å². The van der Waals surface area contributed by atoms with Crippen LogP contribution >= 0.6 is 0 Å².